The Labute approximate surface area is 130 Å². The Morgan fingerprint density at radius 3 is 2.40 bits per heavy atom. The van der Waals surface area contributed by atoms with Gasteiger partial charge in [0.15, 0.2) is 0 Å². The molecule has 0 saturated carbocycles. The highest BCUT2D eigenvalue weighted by Gasteiger charge is 2.21. The molecule has 0 bridgehead atoms. The van der Waals surface area contributed by atoms with E-state index in [1.54, 1.807) is 0 Å². The van der Waals surface area contributed by atoms with Gasteiger partial charge in [-0.15, -0.1) is 12.6 Å². The Bertz CT molecular complexity index is 398. The molecule has 0 aliphatic heterocycles. The molecule has 0 unspecified atom stereocenters. The van der Waals surface area contributed by atoms with Gasteiger partial charge in [0.25, 0.3) is 0 Å². The molecule has 0 atom stereocenters. The predicted octanol–water partition coefficient (Wildman–Crippen LogP) is 6.01. The van der Waals surface area contributed by atoms with E-state index in [9.17, 15) is 0 Å². The highest BCUT2D eigenvalue weighted by atomic mass is 32.1. The van der Waals surface area contributed by atoms with E-state index in [1.165, 1.54) is 31.2 Å². The van der Waals surface area contributed by atoms with Crippen molar-refractivity contribution >= 4 is 12.6 Å². The SMILES string of the molecule is CCCCCC(C)(C)c1ccc(S)c(OCCCC)c1. The smallest absolute Gasteiger partial charge is 0.132 e. The molecule has 0 heterocycles. The Kier molecular flexibility index (Phi) is 7.50. The fourth-order valence-corrected chi connectivity index (χ4v) is 2.54. The molecular formula is C18H30OS. The summed E-state index contributed by atoms with van der Waals surface area (Å²) in [4.78, 5) is 0.939. The highest BCUT2D eigenvalue weighted by molar-refractivity contribution is 7.80. The summed E-state index contributed by atoms with van der Waals surface area (Å²) >= 11 is 4.50. The van der Waals surface area contributed by atoms with Gasteiger partial charge in [-0.25, -0.2) is 0 Å². The van der Waals surface area contributed by atoms with Crippen LogP contribution in [0, 0.1) is 0 Å². The van der Waals surface area contributed by atoms with Crippen LogP contribution in [0.4, 0.5) is 0 Å². The molecule has 114 valence electrons. The third-order valence-corrected chi connectivity index (χ3v) is 4.27. The molecule has 0 spiro atoms. The summed E-state index contributed by atoms with van der Waals surface area (Å²) in [6.45, 7) is 9.86. The van der Waals surface area contributed by atoms with Crippen molar-refractivity contribution in [1.29, 1.82) is 0 Å². The van der Waals surface area contributed by atoms with E-state index < -0.39 is 0 Å². The fourth-order valence-electron chi connectivity index (χ4n) is 2.34. The summed E-state index contributed by atoms with van der Waals surface area (Å²) in [5.41, 5.74) is 1.57. The molecule has 0 aliphatic rings. The van der Waals surface area contributed by atoms with Crippen LogP contribution < -0.4 is 4.74 Å². The average molecular weight is 295 g/mol. The number of ether oxygens (including phenoxy) is 1. The molecule has 0 amide bonds. The first-order valence-corrected chi connectivity index (χ1v) is 8.42. The minimum atomic E-state index is 0.208. The van der Waals surface area contributed by atoms with Crippen LogP contribution in [0.25, 0.3) is 0 Å². The van der Waals surface area contributed by atoms with E-state index in [0.29, 0.717) is 0 Å². The van der Waals surface area contributed by atoms with Gasteiger partial charge in [-0.2, -0.15) is 0 Å². The predicted molar refractivity (Wildman–Crippen MR) is 91.3 cm³/mol. The molecule has 1 aromatic carbocycles. The number of hydrogen-bond acceptors (Lipinski definition) is 2. The summed E-state index contributed by atoms with van der Waals surface area (Å²) in [5.74, 6) is 0.933. The van der Waals surface area contributed by atoms with Gasteiger partial charge in [-0.3, -0.25) is 0 Å². The lowest BCUT2D eigenvalue weighted by Gasteiger charge is -2.26. The Morgan fingerprint density at radius 1 is 1.05 bits per heavy atom. The number of rotatable bonds is 9. The molecule has 0 saturated heterocycles. The van der Waals surface area contributed by atoms with Crippen molar-refractivity contribution in [1.82, 2.24) is 0 Å². The molecule has 0 N–H and O–H groups in total. The summed E-state index contributed by atoms with van der Waals surface area (Å²) in [7, 11) is 0. The molecule has 2 heteroatoms. The molecule has 0 radical (unpaired) electrons. The zero-order chi connectivity index (χ0) is 15.0. The van der Waals surface area contributed by atoms with E-state index in [1.807, 2.05) is 0 Å². The zero-order valence-corrected chi connectivity index (χ0v) is 14.4. The van der Waals surface area contributed by atoms with Crippen LogP contribution in [-0.2, 0) is 5.41 Å². The van der Waals surface area contributed by atoms with Crippen molar-refractivity contribution in [2.75, 3.05) is 6.61 Å². The Morgan fingerprint density at radius 2 is 1.75 bits per heavy atom. The van der Waals surface area contributed by atoms with Crippen molar-refractivity contribution in [3.05, 3.63) is 23.8 Å². The standard InChI is InChI=1S/C18H30OS/c1-5-7-9-12-18(3,4)15-10-11-17(20)16(14-15)19-13-8-6-2/h10-11,14,20H,5-9,12-13H2,1-4H3. The number of thiol groups is 1. The van der Waals surface area contributed by atoms with Gasteiger partial charge in [-0.05, 0) is 36.0 Å². The van der Waals surface area contributed by atoms with Gasteiger partial charge in [-0.1, -0.05) is 59.4 Å². The van der Waals surface area contributed by atoms with Crippen LogP contribution in [0.3, 0.4) is 0 Å². The quantitative estimate of drug-likeness (QED) is 0.433. The van der Waals surface area contributed by atoms with E-state index in [0.717, 1.165) is 30.1 Å². The van der Waals surface area contributed by atoms with Crippen molar-refractivity contribution in [2.24, 2.45) is 0 Å². The molecule has 0 aliphatic carbocycles. The fraction of sp³-hybridized carbons (Fsp3) is 0.667. The van der Waals surface area contributed by atoms with Crippen LogP contribution >= 0.6 is 12.6 Å². The Balaban J connectivity index is 2.76. The van der Waals surface area contributed by atoms with E-state index in [4.69, 9.17) is 4.74 Å². The van der Waals surface area contributed by atoms with E-state index in [2.05, 4.69) is 58.5 Å². The molecule has 20 heavy (non-hydrogen) atoms. The minimum Gasteiger partial charge on any atom is -0.492 e. The molecule has 1 nitrogen and oxygen atoms in total. The summed E-state index contributed by atoms with van der Waals surface area (Å²) in [5, 5.41) is 0. The van der Waals surface area contributed by atoms with Gasteiger partial charge in [0.2, 0.25) is 0 Å². The van der Waals surface area contributed by atoms with Gasteiger partial charge in [0.1, 0.15) is 5.75 Å². The van der Waals surface area contributed by atoms with Crippen molar-refractivity contribution in [3.8, 4) is 5.75 Å². The highest BCUT2D eigenvalue weighted by Crippen LogP contribution is 2.34. The average Bonchev–Trinajstić information content (AvgIpc) is 2.41. The summed E-state index contributed by atoms with van der Waals surface area (Å²) < 4.78 is 5.86. The number of benzene rings is 1. The van der Waals surface area contributed by atoms with E-state index >= 15 is 0 Å². The topological polar surface area (TPSA) is 9.23 Å². The van der Waals surface area contributed by atoms with Crippen LogP contribution in [-0.4, -0.2) is 6.61 Å². The second kappa shape index (κ2) is 8.61. The van der Waals surface area contributed by atoms with Crippen LogP contribution in [0.15, 0.2) is 23.1 Å². The van der Waals surface area contributed by atoms with Crippen molar-refractivity contribution < 1.29 is 4.74 Å². The molecule has 0 aromatic heterocycles. The maximum absolute atomic E-state index is 5.86. The first kappa shape index (κ1) is 17.4. The lowest BCUT2D eigenvalue weighted by molar-refractivity contribution is 0.301. The van der Waals surface area contributed by atoms with Gasteiger partial charge in [0.05, 0.1) is 6.61 Å². The maximum Gasteiger partial charge on any atom is 0.132 e. The van der Waals surface area contributed by atoms with Gasteiger partial charge >= 0.3 is 0 Å². The second-order valence-electron chi connectivity index (χ2n) is 6.23. The van der Waals surface area contributed by atoms with Gasteiger partial charge < -0.3 is 4.74 Å². The van der Waals surface area contributed by atoms with Crippen LogP contribution in [0.1, 0.15) is 71.8 Å². The van der Waals surface area contributed by atoms with Crippen LogP contribution in [0.5, 0.6) is 5.75 Å². The van der Waals surface area contributed by atoms with Crippen molar-refractivity contribution in [2.45, 2.75) is 76.5 Å². The Hall–Kier alpha value is -0.630. The molecule has 0 fully saturated rings. The zero-order valence-electron chi connectivity index (χ0n) is 13.5. The minimum absolute atomic E-state index is 0.208. The second-order valence-corrected chi connectivity index (χ2v) is 6.71. The number of unbranched alkanes of at least 4 members (excludes halogenated alkanes) is 3. The molecule has 1 aromatic rings. The van der Waals surface area contributed by atoms with Crippen molar-refractivity contribution in [3.63, 3.8) is 0 Å². The molecular weight excluding hydrogens is 264 g/mol. The van der Waals surface area contributed by atoms with Gasteiger partial charge in [0, 0.05) is 4.90 Å². The first-order valence-electron chi connectivity index (χ1n) is 7.97. The van der Waals surface area contributed by atoms with E-state index in [-0.39, 0.29) is 5.41 Å². The monoisotopic (exact) mass is 294 g/mol. The summed E-state index contributed by atoms with van der Waals surface area (Å²) in [6.07, 6.45) is 7.35. The number of hydrogen-bond donors (Lipinski definition) is 1. The molecule has 1 rings (SSSR count). The van der Waals surface area contributed by atoms with Crippen LogP contribution in [0.2, 0.25) is 0 Å². The normalized spacial score (nSPS) is 11.7. The maximum atomic E-state index is 5.86. The summed E-state index contributed by atoms with van der Waals surface area (Å²) in [6, 6.07) is 6.45. The third-order valence-electron chi connectivity index (χ3n) is 3.90. The lowest BCUT2D eigenvalue weighted by atomic mass is 9.80. The largest absolute Gasteiger partial charge is 0.492 e. The first-order chi connectivity index (χ1) is 9.51. The third kappa shape index (κ3) is 5.40. The lowest BCUT2D eigenvalue weighted by Crippen LogP contribution is -2.17.